The van der Waals surface area contributed by atoms with E-state index in [0.29, 0.717) is 13.0 Å². The Morgan fingerprint density at radius 3 is 2.36 bits per heavy atom. The summed E-state index contributed by atoms with van der Waals surface area (Å²) in [7, 11) is 0. The van der Waals surface area contributed by atoms with Crippen molar-refractivity contribution in [2.24, 2.45) is 5.92 Å². The van der Waals surface area contributed by atoms with Crippen LogP contribution in [0, 0.1) is 5.92 Å². The molecule has 0 aromatic rings. The Morgan fingerprint density at radius 1 is 1.36 bits per heavy atom. The Balaban J connectivity index is 0.000001000. The molecular weight excluding hydrogens is 179 g/mol. The average molecular weight is 190 g/mol. The molecule has 0 aromatic heterocycles. The second-order valence-corrected chi connectivity index (χ2v) is 2.68. The highest BCUT2D eigenvalue weighted by Gasteiger charge is 2.32. The molecule has 1 atom stereocenters. The third-order valence-corrected chi connectivity index (χ3v) is 1.68. The van der Waals surface area contributed by atoms with Crippen LogP contribution in [0.25, 0.3) is 0 Å². The highest BCUT2D eigenvalue weighted by atomic mass is 35.5. The quantitative estimate of drug-likeness (QED) is 0.665. The van der Waals surface area contributed by atoms with Gasteiger partial charge in [-0.1, -0.05) is 0 Å². The number of rotatable bonds is 1. The molecule has 11 heavy (non-hydrogen) atoms. The van der Waals surface area contributed by atoms with E-state index in [-0.39, 0.29) is 18.3 Å². The zero-order valence-corrected chi connectivity index (χ0v) is 6.76. The average Bonchev–Trinajstić information content (AvgIpc) is 2.12. The lowest BCUT2D eigenvalue weighted by Crippen LogP contribution is -2.17. The van der Waals surface area contributed by atoms with Crippen LogP contribution in [0.15, 0.2) is 0 Å². The van der Waals surface area contributed by atoms with Crippen molar-refractivity contribution in [3.8, 4) is 0 Å². The minimum absolute atomic E-state index is 0. The molecule has 0 spiro atoms. The smallest absolute Gasteiger partial charge is 0.316 e. The van der Waals surface area contributed by atoms with Gasteiger partial charge in [0, 0.05) is 6.42 Å². The van der Waals surface area contributed by atoms with E-state index in [1.165, 1.54) is 0 Å². The van der Waals surface area contributed by atoms with Crippen molar-refractivity contribution in [1.82, 2.24) is 5.32 Å². The maximum atomic E-state index is 11.7. The first-order chi connectivity index (χ1) is 4.58. The second kappa shape index (κ2) is 4.16. The second-order valence-electron chi connectivity index (χ2n) is 2.68. The molecule has 1 N–H and O–H groups in total. The van der Waals surface area contributed by atoms with E-state index in [2.05, 4.69) is 5.32 Å². The van der Waals surface area contributed by atoms with Gasteiger partial charge in [-0.25, -0.2) is 0 Å². The van der Waals surface area contributed by atoms with Crippen molar-refractivity contribution in [3.63, 3.8) is 0 Å². The molecule has 1 nitrogen and oxygen atoms in total. The summed E-state index contributed by atoms with van der Waals surface area (Å²) < 4.78 is 35.0. The lowest BCUT2D eigenvalue weighted by atomic mass is 10.1. The van der Waals surface area contributed by atoms with Crippen molar-refractivity contribution in [2.45, 2.75) is 19.0 Å². The molecule has 5 heteroatoms. The molecular formula is C6H11ClF3N. The third-order valence-electron chi connectivity index (χ3n) is 1.68. The Kier molecular flexibility index (Phi) is 4.18. The van der Waals surface area contributed by atoms with Crippen molar-refractivity contribution in [3.05, 3.63) is 0 Å². The summed E-state index contributed by atoms with van der Waals surface area (Å²) >= 11 is 0. The van der Waals surface area contributed by atoms with Crippen LogP contribution in [0.4, 0.5) is 13.2 Å². The summed E-state index contributed by atoms with van der Waals surface area (Å²) in [6.07, 6.45) is -3.93. The molecule has 1 heterocycles. The van der Waals surface area contributed by atoms with E-state index in [0.717, 1.165) is 6.54 Å². The number of hydrogen-bond donors (Lipinski definition) is 1. The Morgan fingerprint density at radius 2 is 2.00 bits per heavy atom. The van der Waals surface area contributed by atoms with Gasteiger partial charge in [-0.2, -0.15) is 13.2 Å². The van der Waals surface area contributed by atoms with E-state index >= 15 is 0 Å². The zero-order valence-electron chi connectivity index (χ0n) is 5.95. The van der Waals surface area contributed by atoms with Gasteiger partial charge in [0.1, 0.15) is 0 Å². The van der Waals surface area contributed by atoms with Crippen molar-refractivity contribution in [1.29, 1.82) is 0 Å². The molecule has 0 radical (unpaired) electrons. The third kappa shape index (κ3) is 4.48. The van der Waals surface area contributed by atoms with Crippen LogP contribution in [-0.2, 0) is 0 Å². The predicted octanol–water partition coefficient (Wildman–Crippen LogP) is 1.97. The van der Waals surface area contributed by atoms with Crippen LogP contribution in [0.3, 0.4) is 0 Å². The molecule has 0 aromatic carbocycles. The molecule has 1 saturated heterocycles. The van der Waals surface area contributed by atoms with Gasteiger partial charge in [-0.15, -0.1) is 12.4 Å². The largest absolute Gasteiger partial charge is 0.389 e. The fourth-order valence-electron chi connectivity index (χ4n) is 1.22. The maximum absolute atomic E-state index is 11.7. The van der Waals surface area contributed by atoms with E-state index in [4.69, 9.17) is 0 Å². The maximum Gasteiger partial charge on any atom is 0.389 e. The van der Waals surface area contributed by atoms with Crippen molar-refractivity contribution < 1.29 is 13.2 Å². The fraction of sp³-hybridized carbons (Fsp3) is 1.00. The Bertz CT molecular complexity index is 109. The van der Waals surface area contributed by atoms with Gasteiger partial charge in [0.15, 0.2) is 0 Å². The predicted molar refractivity (Wildman–Crippen MR) is 38.9 cm³/mol. The van der Waals surface area contributed by atoms with Crippen LogP contribution in [0.1, 0.15) is 12.8 Å². The van der Waals surface area contributed by atoms with E-state index in [9.17, 15) is 13.2 Å². The molecule has 0 bridgehead atoms. The first-order valence-corrected chi connectivity index (χ1v) is 3.35. The molecule has 1 unspecified atom stereocenters. The summed E-state index contributed by atoms with van der Waals surface area (Å²) in [5, 5.41) is 2.89. The molecule has 68 valence electrons. The minimum Gasteiger partial charge on any atom is -0.316 e. The van der Waals surface area contributed by atoms with Crippen molar-refractivity contribution >= 4 is 12.4 Å². The van der Waals surface area contributed by atoms with Crippen LogP contribution in [0.5, 0.6) is 0 Å². The van der Waals surface area contributed by atoms with Crippen LogP contribution >= 0.6 is 12.4 Å². The van der Waals surface area contributed by atoms with Gasteiger partial charge < -0.3 is 5.32 Å². The van der Waals surface area contributed by atoms with Crippen LogP contribution in [-0.4, -0.2) is 19.3 Å². The topological polar surface area (TPSA) is 12.0 Å². The first kappa shape index (κ1) is 11.0. The lowest BCUT2D eigenvalue weighted by Gasteiger charge is -2.10. The highest BCUT2D eigenvalue weighted by molar-refractivity contribution is 5.85. The highest BCUT2D eigenvalue weighted by Crippen LogP contribution is 2.27. The van der Waals surface area contributed by atoms with E-state index in [1.807, 2.05) is 0 Å². The number of halogens is 4. The van der Waals surface area contributed by atoms with Crippen LogP contribution < -0.4 is 5.32 Å². The van der Waals surface area contributed by atoms with E-state index in [1.54, 1.807) is 0 Å². The standard InChI is InChI=1S/C6H10F3N.ClH/c7-6(8,9)3-5-1-2-10-4-5;/h5,10H,1-4H2;1H. The van der Waals surface area contributed by atoms with Crippen molar-refractivity contribution in [2.75, 3.05) is 13.1 Å². The number of hydrogen-bond acceptors (Lipinski definition) is 1. The van der Waals surface area contributed by atoms with Gasteiger partial charge >= 0.3 is 6.18 Å². The van der Waals surface area contributed by atoms with Gasteiger partial charge in [-0.3, -0.25) is 0 Å². The summed E-state index contributed by atoms with van der Waals surface area (Å²) in [5.74, 6) is -0.181. The minimum atomic E-state index is -3.98. The fourth-order valence-corrected chi connectivity index (χ4v) is 1.22. The molecule has 1 aliphatic heterocycles. The molecule has 1 fully saturated rings. The lowest BCUT2D eigenvalue weighted by molar-refractivity contribution is -0.143. The molecule has 1 rings (SSSR count). The summed E-state index contributed by atoms with van der Waals surface area (Å²) in [6, 6.07) is 0. The summed E-state index contributed by atoms with van der Waals surface area (Å²) in [4.78, 5) is 0. The normalized spacial score (nSPS) is 24.8. The number of nitrogens with one attached hydrogen (secondary N) is 1. The Labute approximate surface area is 69.8 Å². The van der Waals surface area contributed by atoms with Gasteiger partial charge in [0.05, 0.1) is 0 Å². The SMILES string of the molecule is Cl.FC(F)(F)CC1CCNC1. The Hall–Kier alpha value is 0.0400. The van der Waals surface area contributed by atoms with Gasteiger partial charge in [0.2, 0.25) is 0 Å². The number of alkyl halides is 3. The van der Waals surface area contributed by atoms with Crippen LogP contribution in [0.2, 0.25) is 0 Å². The monoisotopic (exact) mass is 189 g/mol. The molecule has 0 amide bonds. The molecule has 0 aliphatic carbocycles. The molecule has 1 aliphatic rings. The molecule has 0 saturated carbocycles. The van der Waals surface area contributed by atoms with E-state index < -0.39 is 12.6 Å². The summed E-state index contributed by atoms with van der Waals surface area (Å²) in [5.41, 5.74) is 0. The van der Waals surface area contributed by atoms with Gasteiger partial charge in [0.25, 0.3) is 0 Å². The zero-order chi connectivity index (χ0) is 7.61. The van der Waals surface area contributed by atoms with Gasteiger partial charge in [-0.05, 0) is 25.4 Å². The summed E-state index contributed by atoms with van der Waals surface area (Å²) in [6.45, 7) is 1.26. The first-order valence-electron chi connectivity index (χ1n) is 3.35.